The number of nitrogens with zero attached hydrogens (tertiary/aromatic N) is 2. The molecule has 0 bridgehead atoms. The highest BCUT2D eigenvalue weighted by Crippen LogP contribution is 2.32. The number of aromatic nitrogens is 2. The maximum Gasteiger partial charge on any atom is 0.246 e. The van der Waals surface area contributed by atoms with Crippen molar-refractivity contribution in [2.75, 3.05) is 12.4 Å². The summed E-state index contributed by atoms with van der Waals surface area (Å²) in [5, 5.41) is 11.8. The predicted octanol–water partition coefficient (Wildman–Crippen LogP) is 3.38. The Morgan fingerprint density at radius 2 is 2.07 bits per heavy atom. The first-order valence-corrected chi connectivity index (χ1v) is 10.3. The third kappa shape index (κ3) is 4.67. The maximum atomic E-state index is 14.5. The Morgan fingerprint density at radius 1 is 1.29 bits per heavy atom. The third-order valence-corrected chi connectivity index (χ3v) is 6.11. The van der Waals surface area contributed by atoms with Crippen molar-refractivity contribution >= 4 is 57.3 Å². The Labute approximate surface area is 173 Å². The number of aliphatic hydroxyl groups is 1. The Kier molecular flexibility index (Phi) is 6.61. The topological polar surface area (TPSA) is 92.2 Å². The van der Waals surface area contributed by atoms with Crippen molar-refractivity contribution in [2.45, 2.75) is 18.5 Å². The number of ketones is 1. The summed E-state index contributed by atoms with van der Waals surface area (Å²) in [6, 6.07) is 6.47. The largest absolute Gasteiger partial charge is 0.387 e. The predicted molar refractivity (Wildman–Crippen MR) is 108 cm³/mol. The lowest BCUT2D eigenvalue weighted by atomic mass is 10.2. The van der Waals surface area contributed by atoms with E-state index in [0.717, 1.165) is 16.6 Å². The van der Waals surface area contributed by atoms with Gasteiger partial charge in [0, 0.05) is 4.88 Å². The molecule has 2 N–H and O–H groups in total. The number of hydrogen-bond acceptors (Lipinski definition) is 7. The van der Waals surface area contributed by atoms with Crippen molar-refractivity contribution in [3.63, 3.8) is 0 Å². The summed E-state index contributed by atoms with van der Waals surface area (Å²) in [6.07, 6.45) is 0. The van der Waals surface area contributed by atoms with Gasteiger partial charge in [0.05, 0.1) is 33.1 Å². The minimum Gasteiger partial charge on any atom is -0.387 e. The van der Waals surface area contributed by atoms with Crippen LogP contribution in [0.1, 0.15) is 20.4 Å². The van der Waals surface area contributed by atoms with E-state index in [1.54, 1.807) is 25.1 Å². The number of amides is 1. The lowest BCUT2D eigenvalue weighted by Crippen LogP contribution is -2.25. The van der Waals surface area contributed by atoms with E-state index in [1.165, 1.54) is 17.4 Å². The van der Waals surface area contributed by atoms with Gasteiger partial charge in [0.2, 0.25) is 5.91 Å². The quantitative estimate of drug-likeness (QED) is 0.333. The SMILES string of the molecule is Cc1nc(SCC(=O)c2ccc(CNC(=O)CO)s2)c2c(F)c(Cl)ccc2n1. The molecule has 6 nitrogen and oxygen atoms in total. The fraction of sp³-hybridized carbons (Fsp3) is 0.222. The second kappa shape index (κ2) is 8.95. The molecule has 0 radical (unpaired) electrons. The molecule has 0 aliphatic rings. The molecule has 0 unspecified atom stereocenters. The lowest BCUT2D eigenvalue weighted by Gasteiger charge is -2.08. The van der Waals surface area contributed by atoms with E-state index < -0.39 is 18.3 Å². The van der Waals surface area contributed by atoms with Gasteiger partial charge in [0.1, 0.15) is 17.5 Å². The molecular weight excluding hydrogens is 425 g/mol. The van der Waals surface area contributed by atoms with Crippen LogP contribution in [0.15, 0.2) is 29.3 Å². The third-order valence-electron chi connectivity index (χ3n) is 3.71. The van der Waals surface area contributed by atoms with Gasteiger partial charge in [-0.05, 0) is 31.2 Å². The molecule has 0 saturated carbocycles. The number of thioether (sulfide) groups is 1. The van der Waals surface area contributed by atoms with E-state index in [2.05, 4.69) is 15.3 Å². The van der Waals surface area contributed by atoms with Crippen molar-refractivity contribution in [1.29, 1.82) is 0 Å². The van der Waals surface area contributed by atoms with Gasteiger partial charge in [-0.1, -0.05) is 23.4 Å². The molecule has 28 heavy (non-hydrogen) atoms. The van der Waals surface area contributed by atoms with Crippen LogP contribution in [-0.2, 0) is 11.3 Å². The second-order valence-corrected chi connectivity index (χ2v) is 8.28. The molecular formula is C18H15ClFN3O3S2. The number of benzene rings is 1. The number of nitrogens with one attached hydrogen (secondary N) is 1. The van der Waals surface area contributed by atoms with Crippen LogP contribution in [0, 0.1) is 12.7 Å². The molecule has 3 rings (SSSR count). The zero-order valence-corrected chi connectivity index (χ0v) is 17.1. The van der Waals surface area contributed by atoms with Crippen molar-refractivity contribution < 1.29 is 19.1 Å². The molecule has 0 aliphatic heterocycles. The monoisotopic (exact) mass is 439 g/mol. The van der Waals surface area contributed by atoms with Gasteiger partial charge < -0.3 is 10.4 Å². The van der Waals surface area contributed by atoms with Crippen LogP contribution in [0.2, 0.25) is 5.02 Å². The summed E-state index contributed by atoms with van der Waals surface area (Å²) in [6.45, 7) is 1.36. The molecule has 2 heterocycles. The van der Waals surface area contributed by atoms with E-state index in [9.17, 15) is 14.0 Å². The Morgan fingerprint density at radius 3 is 2.82 bits per heavy atom. The number of aryl methyl sites for hydroxylation is 1. The van der Waals surface area contributed by atoms with Gasteiger partial charge in [-0.25, -0.2) is 14.4 Å². The van der Waals surface area contributed by atoms with Crippen molar-refractivity contribution in [1.82, 2.24) is 15.3 Å². The van der Waals surface area contributed by atoms with E-state index >= 15 is 0 Å². The standard InChI is InChI=1S/C18H15ClFN3O3S2/c1-9-22-12-4-3-11(19)17(20)16(12)18(23-9)27-8-13(25)14-5-2-10(28-14)6-21-15(26)7-24/h2-5,24H,6-8H2,1H3,(H,21,26). The zero-order chi connectivity index (χ0) is 20.3. The number of fused-ring (bicyclic) bond motifs is 1. The fourth-order valence-electron chi connectivity index (χ4n) is 2.41. The summed E-state index contributed by atoms with van der Waals surface area (Å²) in [5.74, 6) is -0.681. The lowest BCUT2D eigenvalue weighted by molar-refractivity contribution is -0.123. The average molecular weight is 440 g/mol. The van der Waals surface area contributed by atoms with E-state index in [4.69, 9.17) is 16.7 Å². The number of thiophene rings is 1. The van der Waals surface area contributed by atoms with E-state index in [-0.39, 0.29) is 28.5 Å². The molecule has 146 valence electrons. The molecule has 0 aliphatic carbocycles. The van der Waals surface area contributed by atoms with Gasteiger partial charge in [0.25, 0.3) is 0 Å². The van der Waals surface area contributed by atoms with Gasteiger partial charge in [-0.3, -0.25) is 9.59 Å². The molecule has 1 amide bonds. The normalized spacial score (nSPS) is 11.0. The van der Waals surface area contributed by atoms with Gasteiger partial charge in [0.15, 0.2) is 11.6 Å². The summed E-state index contributed by atoms with van der Waals surface area (Å²) in [4.78, 5) is 33.4. The summed E-state index contributed by atoms with van der Waals surface area (Å²) in [7, 11) is 0. The molecule has 0 spiro atoms. The molecule has 10 heteroatoms. The van der Waals surface area contributed by atoms with Crippen molar-refractivity contribution in [3.05, 3.63) is 50.7 Å². The molecule has 0 fully saturated rings. The molecule has 0 saturated heterocycles. The van der Waals surface area contributed by atoms with E-state index in [0.29, 0.717) is 21.2 Å². The second-order valence-electron chi connectivity index (χ2n) is 5.74. The highest BCUT2D eigenvalue weighted by molar-refractivity contribution is 8.00. The number of Topliss-reactive ketones (excluding diaryl/α,β-unsaturated/α-hetero) is 1. The smallest absolute Gasteiger partial charge is 0.246 e. The van der Waals surface area contributed by atoms with Crippen LogP contribution < -0.4 is 5.32 Å². The average Bonchev–Trinajstić information content (AvgIpc) is 3.15. The number of halogens is 2. The van der Waals surface area contributed by atoms with Crippen LogP contribution in [0.4, 0.5) is 4.39 Å². The minimum absolute atomic E-state index is 0.0269. The first kappa shape index (κ1) is 20.7. The van der Waals surface area contributed by atoms with Gasteiger partial charge in [-0.2, -0.15) is 0 Å². The maximum absolute atomic E-state index is 14.5. The summed E-state index contributed by atoms with van der Waals surface area (Å²) < 4.78 is 14.5. The van der Waals surface area contributed by atoms with Crippen LogP contribution >= 0.6 is 34.7 Å². The summed E-state index contributed by atoms with van der Waals surface area (Å²) in [5.41, 5.74) is 0.433. The van der Waals surface area contributed by atoms with Crippen molar-refractivity contribution in [3.8, 4) is 0 Å². The zero-order valence-electron chi connectivity index (χ0n) is 14.7. The van der Waals surface area contributed by atoms with Crippen LogP contribution in [-0.4, -0.2) is 39.1 Å². The molecule has 3 aromatic rings. The number of hydrogen-bond donors (Lipinski definition) is 2. The van der Waals surface area contributed by atoms with Crippen molar-refractivity contribution in [2.24, 2.45) is 0 Å². The Hall–Kier alpha value is -2.07. The molecule has 1 aromatic carbocycles. The first-order chi connectivity index (χ1) is 13.4. The number of carbonyl (C=O) groups is 2. The Bertz CT molecular complexity index is 1060. The highest BCUT2D eigenvalue weighted by atomic mass is 35.5. The number of aliphatic hydroxyl groups excluding tert-OH is 1. The fourth-order valence-corrected chi connectivity index (χ4v) is 4.51. The first-order valence-electron chi connectivity index (χ1n) is 8.13. The van der Waals surface area contributed by atoms with Crippen LogP contribution in [0.5, 0.6) is 0 Å². The number of rotatable bonds is 7. The Balaban J connectivity index is 1.74. The highest BCUT2D eigenvalue weighted by Gasteiger charge is 2.17. The van der Waals surface area contributed by atoms with Crippen LogP contribution in [0.25, 0.3) is 10.9 Å². The minimum atomic E-state index is -0.604. The van der Waals surface area contributed by atoms with Gasteiger partial charge >= 0.3 is 0 Å². The molecule has 2 aromatic heterocycles. The van der Waals surface area contributed by atoms with Gasteiger partial charge in [-0.15, -0.1) is 11.3 Å². The molecule has 0 atom stereocenters. The van der Waals surface area contributed by atoms with E-state index in [1.807, 2.05) is 0 Å². The summed E-state index contributed by atoms with van der Waals surface area (Å²) >= 11 is 8.25. The number of carbonyl (C=O) groups excluding carboxylic acids is 2. The van der Waals surface area contributed by atoms with Crippen LogP contribution in [0.3, 0.4) is 0 Å².